The molecule has 0 saturated heterocycles. The van der Waals surface area contributed by atoms with Gasteiger partial charge in [0.05, 0.1) is 22.2 Å². The van der Waals surface area contributed by atoms with Crippen LogP contribution in [-0.4, -0.2) is 14.2 Å². The number of aryl methyl sites for hydroxylation is 1. The lowest BCUT2D eigenvalue weighted by molar-refractivity contribution is 0.730. The second-order valence-corrected chi connectivity index (χ2v) is 5.44. The van der Waals surface area contributed by atoms with Crippen molar-refractivity contribution >= 4 is 27.3 Å². The number of benzene rings is 2. The Morgan fingerprint density at radius 2 is 1.62 bits per heavy atom. The zero-order valence-corrected chi connectivity index (χ0v) is 11.6. The molecule has 100 valence electrons. The monoisotopic (exact) mass is 271 g/mol. The number of fused-ring (bicyclic) bond motifs is 7. The van der Waals surface area contributed by atoms with Gasteiger partial charge in [0.2, 0.25) is 0 Å². The molecule has 0 unspecified atom stereocenters. The minimum atomic E-state index is 1.06. The lowest BCUT2D eigenvalue weighted by atomic mass is 10.1. The summed E-state index contributed by atoms with van der Waals surface area (Å²) < 4.78 is 4.35. The van der Waals surface area contributed by atoms with Crippen molar-refractivity contribution in [2.45, 2.75) is 0 Å². The Balaban J connectivity index is 2.11. The molecule has 0 N–H and O–H groups in total. The molecule has 1 aromatic heterocycles. The molecule has 0 aliphatic carbocycles. The van der Waals surface area contributed by atoms with Crippen LogP contribution in [0.1, 0.15) is 0 Å². The number of nitrogens with zero attached hydrogens (tertiary/aromatic N) is 3. The molecule has 0 bridgehead atoms. The van der Waals surface area contributed by atoms with Crippen molar-refractivity contribution < 1.29 is 0 Å². The van der Waals surface area contributed by atoms with Crippen molar-refractivity contribution in [3.63, 3.8) is 0 Å². The molecule has 3 nitrogen and oxygen atoms in total. The lowest BCUT2D eigenvalue weighted by Crippen LogP contribution is -1.99. The van der Waals surface area contributed by atoms with Gasteiger partial charge >= 0.3 is 0 Å². The predicted octanol–water partition coefficient (Wildman–Crippen LogP) is 4.08. The van der Waals surface area contributed by atoms with Gasteiger partial charge in [-0.05, 0) is 18.2 Å². The fourth-order valence-corrected chi connectivity index (χ4v) is 3.36. The van der Waals surface area contributed by atoms with Crippen molar-refractivity contribution in [2.24, 2.45) is 7.05 Å². The van der Waals surface area contributed by atoms with Crippen molar-refractivity contribution in [2.75, 3.05) is 0 Å². The fraction of sp³-hybridized carbons (Fsp3) is 0.0556. The maximum Gasteiger partial charge on any atom is 0.0982 e. The first-order chi connectivity index (χ1) is 10.3. The lowest BCUT2D eigenvalue weighted by Gasteiger charge is -2.04. The molecule has 0 amide bonds. The van der Waals surface area contributed by atoms with Crippen LogP contribution in [0, 0.1) is 0 Å². The summed E-state index contributed by atoms with van der Waals surface area (Å²) in [5.74, 6) is 0. The molecule has 2 aliphatic rings. The van der Waals surface area contributed by atoms with E-state index in [1.165, 1.54) is 27.4 Å². The Morgan fingerprint density at radius 3 is 2.52 bits per heavy atom. The van der Waals surface area contributed by atoms with Gasteiger partial charge in [-0.3, -0.25) is 9.20 Å². The van der Waals surface area contributed by atoms with Gasteiger partial charge in [0.1, 0.15) is 0 Å². The number of aromatic nitrogens is 3. The van der Waals surface area contributed by atoms with Gasteiger partial charge in [-0.2, -0.15) is 0 Å². The molecule has 0 atom stereocenters. The van der Waals surface area contributed by atoms with Crippen molar-refractivity contribution in [3.8, 4) is 11.3 Å². The third kappa shape index (κ3) is 1.26. The van der Waals surface area contributed by atoms with E-state index < -0.39 is 0 Å². The summed E-state index contributed by atoms with van der Waals surface area (Å²) in [6.07, 6.45) is 2.13. The topological polar surface area (TPSA) is 22.2 Å². The van der Waals surface area contributed by atoms with Gasteiger partial charge in [-0.15, -0.1) is 0 Å². The quantitative estimate of drug-likeness (QED) is 0.416. The van der Waals surface area contributed by atoms with Crippen LogP contribution in [-0.2, 0) is 7.05 Å². The van der Waals surface area contributed by atoms with Crippen molar-refractivity contribution in [1.82, 2.24) is 14.2 Å². The predicted molar refractivity (Wildman–Crippen MR) is 85.8 cm³/mol. The summed E-state index contributed by atoms with van der Waals surface area (Å²) >= 11 is 0. The van der Waals surface area contributed by atoms with Crippen LogP contribution in [0.25, 0.3) is 38.6 Å². The molecule has 3 aromatic rings. The first kappa shape index (κ1) is 10.9. The van der Waals surface area contributed by atoms with E-state index >= 15 is 0 Å². The van der Waals surface area contributed by atoms with Crippen LogP contribution >= 0.6 is 0 Å². The van der Waals surface area contributed by atoms with Crippen LogP contribution in [0.4, 0.5) is 0 Å². The molecule has 0 saturated carbocycles. The van der Waals surface area contributed by atoms with Gasteiger partial charge in [-0.1, -0.05) is 36.4 Å². The van der Waals surface area contributed by atoms with E-state index in [0.717, 1.165) is 11.2 Å². The first-order valence-corrected chi connectivity index (χ1v) is 7.08. The highest BCUT2D eigenvalue weighted by Crippen LogP contribution is 2.37. The van der Waals surface area contributed by atoms with E-state index in [1.54, 1.807) is 0 Å². The summed E-state index contributed by atoms with van der Waals surface area (Å²) in [5, 5.41) is 2.47. The zero-order valence-electron chi connectivity index (χ0n) is 11.6. The van der Waals surface area contributed by atoms with Gasteiger partial charge in [0, 0.05) is 29.6 Å². The van der Waals surface area contributed by atoms with E-state index in [1.807, 2.05) is 6.07 Å². The van der Waals surface area contributed by atoms with Crippen molar-refractivity contribution in [1.29, 1.82) is 0 Å². The smallest absolute Gasteiger partial charge is 0.0982 e. The molecule has 3 heterocycles. The summed E-state index contributed by atoms with van der Waals surface area (Å²) in [7, 11) is 2.09. The Kier molecular flexibility index (Phi) is 1.89. The minimum Gasteiger partial charge on any atom is -0.284 e. The SMILES string of the molecule is Cn1c2ccccc2c2c3nc4ccccc4c-3ccn21. The van der Waals surface area contributed by atoms with E-state index in [-0.39, 0.29) is 0 Å². The van der Waals surface area contributed by atoms with Gasteiger partial charge in [0.25, 0.3) is 0 Å². The number of hydrogen-bond acceptors (Lipinski definition) is 1. The Bertz CT molecular complexity index is 1100. The maximum atomic E-state index is 4.87. The summed E-state index contributed by atoms with van der Waals surface area (Å²) in [5.41, 5.74) is 5.77. The highest BCUT2D eigenvalue weighted by atomic mass is 15.3. The van der Waals surface area contributed by atoms with E-state index in [9.17, 15) is 0 Å². The third-order valence-electron chi connectivity index (χ3n) is 4.35. The normalized spacial score (nSPS) is 12.0. The Labute approximate surface area is 121 Å². The van der Waals surface area contributed by atoms with Crippen LogP contribution in [0.3, 0.4) is 0 Å². The molecule has 0 radical (unpaired) electrons. The van der Waals surface area contributed by atoms with E-state index in [0.29, 0.717) is 0 Å². The van der Waals surface area contributed by atoms with Crippen LogP contribution in [0.15, 0.2) is 60.8 Å². The number of rotatable bonds is 0. The molecule has 3 heteroatoms. The van der Waals surface area contributed by atoms with Crippen LogP contribution < -0.4 is 0 Å². The second-order valence-electron chi connectivity index (χ2n) is 5.44. The zero-order chi connectivity index (χ0) is 14.0. The maximum absolute atomic E-state index is 4.87. The van der Waals surface area contributed by atoms with Gasteiger partial charge < -0.3 is 0 Å². The highest BCUT2D eigenvalue weighted by Gasteiger charge is 2.18. The van der Waals surface area contributed by atoms with Crippen molar-refractivity contribution in [3.05, 3.63) is 60.8 Å². The largest absolute Gasteiger partial charge is 0.284 e. The van der Waals surface area contributed by atoms with Crippen LogP contribution in [0.5, 0.6) is 0 Å². The number of para-hydroxylation sites is 2. The number of pyridine rings is 1. The number of hydrogen-bond donors (Lipinski definition) is 0. The Hall–Kier alpha value is -2.81. The van der Waals surface area contributed by atoms with Crippen LogP contribution in [0.2, 0.25) is 0 Å². The van der Waals surface area contributed by atoms with E-state index in [4.69, 9.17) is 4.98 Å². The first-order valence-electron chi connectivity index (χ1n) is 7.08. The molecule has 0 fully saturated rings. The third-order valence-corrected chi connectivity index (χ3v) is 4.35. The fourth-order valence-electron chi connectivity index (χ4n) is 3.36. The molecule has 5 rings (SSSR count). The van der Waals surface area contributed by atoms with E-state index in [2.05, 4.69) is 71.0 Å². The Morgan fingerprint density at radius 1 is 0.857 bits per heavy atom. The minimum absolute atomic E-state index is 1.06. The molecule has 0 spiro atoms. The summed E-state index contributed by atoms with van der Waals surface area (Å²) in [4.78, 5) is 4.87. The summed E-state index contributed by atoms with van der Waals surface area (Å²) in [6, 6.07) is 19.0. The second kappa shape index (κ2) is 3.64. The van der Waals surface area contributed by atoms with Gasteiger partial charge in [-0.25, -0.2) is 4.98 Å². The molecule has 21 heavy (non-hydrogen) atoms. The molecule has 2 aliphatic heterocycles. The summed E-state index contributed by atoms with van der Waals surface area (Å²) in [6.45, 7) is 0. The average molecular weight is 271 g/mol. The van der Waals surface area contributed by atoms with Gasteiger partial charge in [0.15, 0.2) is 0 Å². The average Bonchev–Trinajstić information content (AvgIpc) is 3.04. The molecule has 2 aromatic carbocycles. The standard InChI is InChI=1S/C18H13N3/c1-20-16-9-5-3-7-14(16)18-17-13(10-11-21(18)20)12-6-2-4-8-15(12)19-17/h2-11H,1H3. The molecular formula is C18H13N3. The molecular weight excluding hydrogens is 258 g/mol. The highest BCUT2D eigenvalue weighted by molar-refractivity contribution is 6.08.